The Labute approximate surface area is 114 Å². The lowest BCUT2D eigenvalue weighted by Gasteiger charge is -2.27. The van der Waals surface area contributed by atoms with Crippen LogP contribution in [0.5, 0.6) is 0 Å². The van der Waals surface area contributed by atoms with Crippen LogP contribution in [0.1, 0.15) is 50.0 Å². The molecule has 0 spiro atoms. The van der Waals surface area contributed by atoms with Crippen LogP contribution < -0.4 is 5.32 Å². The fraction of sp³-hybridized carbons (Fsp3) is 0.643. The van der Waals surface area contributed by atoms with Crippen molar-refractivity contribution in [1.29, 1.82) is 0 Å². The Morgan fingerprint density at radius 1 is 1.37 bits per heavy atom. The number of anilines is 1. The Bertz CT molecular complexity index is 429. The lowest BCUT2D eigenvalue weighted by molar-refractivity contribution is 0.0687. The van der Waals surface area contributed by atoms with Crippen LogP contribution >= 0.6 is 0 Å². The largest absolute Gasteiger partial charge is 0.369 e. The topological polar surface area (TPSA) is 58.1 Å². The normalized spacial score (nSPS) is 15.5. The zero-order chi connectivity index (χ0) is 13.7. The molecule has 2 rings (SSSR count). The fourth-order valence-electron chi connectivity index (χ4n) is 2.67. The van der Waals surface area contributed by atoms with Gasteiger partial charge in [-0.3, -0.25) is 9.78 Å². The van der Waals surface area contributed by atoms with E-state index < -0.39 is 0 Å². The van der Waals surface area contributed by atoms with Gasteiger partial charge in [-0.2, -0.15) is 0 Å². The van der Waals surface area contributed by atoms with E-state index in [-0.39, 0.29) is 5.91 Å². The maximum absolute atomic E-state index is 12.5. The quantitative estimate of drug-likeness (QED) is 0.884. The minimum absolute atomic E-state index is 0.00153. The Hall–Kier alpha value is -1.65. The second-order valence-electron chi connectivity index (χ2n) is 4.85. The monoisotopic (exact) mass is 262 g/mol. The highest BCUT2D eigenvalue weighted by atomic mass is 16.2. The van der Waals surface area contributed by atoms with Crippen molar-refractivity contribution in [3.63, 3.8) is 0 Å². The van der Waals surface area contributed by atoms with Crippen molar-refractivity contribution >= 4 is 11.7 Å². The Kier molecular flexibility index (Phi) is 4.71. The van der Waals surface area contributed by atoms with E-state index in [1.54, 1.807) is 12.4 Å². The summed E-state index contributed by atoms with van der Waals surface area (Å²) in [7, 11) is 0. The van der Waals surface area contributed by atoms with Crippen LogP contribution in [0.2, 0.25) is 0 Å². The molecule has 0 saturated heterocycles. The van der Waals surface area contributed by atoms with Crippen molar-refractivity contribution in [1.82, 2.24) is 14.9 Å². The number of hydrogen-bond acceptors (Lipinski definition) is 4. The van der Waals surface area contributed by atoms with Gasteiger partial charge in [0.05, 0.1) is 12.4 Å². The summed E-state index contributed by atoms with van der Waals surface area (Å²) in [5, 5.41) is 3.08. The summed E-state index contributed by atoms with van der Waals surface area (Å²) >= 11 is 0. The zero-order valence-electron chi connectivity index (χ0n) is 11.7. The Balaban J connectivity index is 2.14. The predicted molar refractivity (Wildman–Crippen MR) is 75.2 cm³/mol. The van der Waals surface area contributed by atoms with E-state index in [4.69, 9.17) is 0 Å². The first-order valence-electron chi connectivity index (χ1n) is 7.13. The lowest BCUT2D eigenvalue weighted by Crippen LogP contribution is -2.39. The summed E-state index contributed by atoms with van der Waals surface area (Å²) in [6, 6.07) is 0.377. The van der Waals surface area contributed by atoms with Gasteiger partial charge in [-0.15, -0.1) is 0 Å². The lowest BCUT2D eigenvalue weighted by atomic mass is 10.2. The summed E-state index contributed by atoms with van der Waals surface area (Å²) in [6.07, 6.45) is 7.86. The van der Waals surface area contributed by atoms with Crippen LogP contribution in [0, 0.1) is 0 Å². The van der Waals surface area contributed by atoms with E-state index in [1.807, 2.05) is 18.7 Å². The van der Waals surface area contributed by atoms with E-state index in [0.717, 1.165) is 25.9 Å². The molecule has 1 saturated carbocycles. The van der Waals surface area contributed by atoms with Crippen molar-refractivity contribution in [3.8, 4) is 0 Å². The highest BCUT2D eigenvalue weighted by Gasteiger charge is 2.27. The molecule has 1 aromatic heterocycles. The zero-order valence-corrected chi connectivity index (χ0v) is 11.7. The van der Waals surface area contributed by atoms with E-state index in [2.05, 4.69) is 15.3 Å². The second kappa shape index (κ2) is 6.50. The molecular weight excluding hydrogens is 240 g/mol. The van der Waals surface area contributed by atoms with Crippen molar-refractivity contribution in [2.24, 2.45) is 0 Å². The third-order valence-corrected chi connectivity index (χ3v) is 3.58. The summed E-state index contributed by atoms with van der Waals surface area (Å²) < 4.78 is 0. The standard InChI is InChI=1S/C14H22N4O/c1-3-16-13-10-15-9-12(17-13)14(19)18(4-2)11-7-5-6-8-11/h9-11H,3-8H2,1-2H3,(H,16,17). The number of hydrogen-bond donors (Lipinski definition) is 1. The van der Waals surface area contributed by atoms with Gasteiger partial charge in [0.25, 0.3) is 5.91 Å². The fourth-order valence-corrected chi connectivity index (χ4v) is 2.67. The van der Waals surface area contributed by atoms with Gasteiger partial charge in [-0.05, 0) is 26.7 Å². The van der Waals surface area contributed by atoms with Gasteiger partial charge in [-0.25, -0.2) is 4.98 Å². The molecule has 1 N–H and O–H groups in total. The smallest absolute Gasteiger partial charge is 0.274 e. The average Bonchev–Trinajstić information content (AvgIpc) is 2.94. The number of amides is 1. The highest BCUT2D eigenvalue weighted by Crippen LogP contribution is 2.24. The summed E-state index contributed by atoms with van der Waals surface area (Å²) in [4.78, 5) is 22.9. The molecule has 0 aliphatic heterocycles. The maximum Gasteiger partial charge on any atom is 0.274 e. The molecule has 1 heterocycles. The molecule has 104 valence electrons. The molecule has 0 radical (unpaired) electrons. The molecule has 19 heavy (non-hydrogen) atoms. The number of aromatic nitrogens is 2. The number of nitrogens with zero attached hydrogens (tertiary/aromatic N) is 3. The number of nitrogens with one attached hydrogen (secondary N) is 1. The third-order valence-electron chi connectivity index (χ3n) is 3.58. The number of rotatable bonds is 5. The molecular formula is C14H22N4O. The Morgan fingerprint density at radius 3 is 2.74 bits per heavy atom. The van der Waals surface area contributed by atoms with Crippen LogP contribution in [-0.4, -0.2) is 39.9 Å². The van der Waals surface area contributed by atoms with Crippen molar-refractivity contribution in [3.05, 3.63) is 18.1 Å². The molecule has 0 bridgehead atoms. The first kappa shape index (κ1) is 13.8. The minimum atomic E-state index is 0.00153. The molecule has 5 heteroatoms. The molecule has 0 aromatic carbocycles. The summed E-state index contributed by atoms with van der Waals surface area (Å²) in [6.45, 7) is 5.52. The Morgan fingerprint density at radius 2 is 2.11 bits per heavy atom. The maximum atomic E-state index is 12.5. The van der Waals surface area contributed by atoms with Crippen LogP contribution in [0.25, 0.3) is 0 Å². The number of carbonyl (C=O) groups is 1. The second-order valence-corrected chi connectivity index (χ2v) is 4.85. The molecule has 5 nitrogen and oxygen atoms in total. The first-order chi connectivity index (χ1) is 9.26. The predicted octanol–water partition coefficient (Wildman–Crippen LogP) is 2.31. The van der Waals surface area contributed by atoms with Gasteiger partial charge in [0.2, 0.25) is 0 Å². The molecule has 1 aliphatic carbocycles. The van der Waals surface area contributed by atoms with Crippen molar-refractivity contribution in [2.45, 2.75) is 45.6 Å². The molecule has 0 unspecified atom stereocenters. The summed E-state index contributed by atoms with van der Waals surface area (Å²) in [5.41, 5.74) is 0.437. The highest BCUT2D eigenvalue weighted by molar-refractivity contribution is 5.92. The number of carbonyl (C=O) groups excluding carboxylic acids is 1. The van der Waals surface area contributed by atoms with Crippen molar-refractivity contribution in [2.75, 3.05) is 18.4 Å². The van der Waals surface area contributed by atoms with Crippen LogP contribution in [-0.2, 0) is 0 Å². The molecule has 1 aromatic rings. The third kappa shape index (κ3) is 3.22. The van der Waals surface area contributed by atoms with Crippen LogP contribution in [0.3, 0.4) is 0 Å². The minimum Gasteiger partial charge on any atom is -0.369 e. The van der Waals surface area contributed by atoms with Gasteiger partial charge < -0.3 is 10.2 Å². The van der Waals surface area contributed by atoms with Gasteiger partial charge in [-0.1, -0.05) is 12.8 Å². The van der Waals surface area contributed by atoms with Gasteiger partial charge in [0.1, 0.15) is 11.5 Å². The molecule has 1 fully saturated rings. The van der Waals surface area contributed by atoms with Crippen molar-refractivity contribution < 1.29 is 4.79 Å². The van der Waals surface area contributed by atoms with E-state index in [1.165, 1.54) is 12.8 Å². The SMILES string of the molecule is CCNc1cncc(C(=O)N(CC)C2CCCC2)n1. The van der Waals surface area contributed by atoms with Crippen LogP contribution in [0.15, 0.2) is 12.4 Å². The van der Waals surface area contributed by atoms with E-state index in [9.17, 15) is 4.79 Å². The van der Waals surface area contributed by atoms with Gasteiger partial charge in [0.15, 0.2) is 0 Å². The molecule has 0 atom stereocenters. The van der Waals surface area contributed by atoms with E-state index in [0.29, 0.717) is 17.6 Å². The first-order valence-corrected chi connectivity index (χ1v) is 7.13. The van der Waals surface area contributed by atoms with E-state index >= 15 is 0 Å². The van der Waals surface area contributed by atoms with Gasteiger partial charge in [0, 0.05) is 19.1 Å². The van der Waals surface area contributed by atoms with Crippen LogP contribution in [0.4, 0.5) is 5.82 Å². The van der Waals surface area contributed by atoms with Gasteiger partial charge >= 0.3 is 0 Å². The average molecular weight is 262 g/mol. The molecule has 1 amide bonds. The molecule has 1 aliphatic rings. The summed E-state index contributed by atoms with van der Waals surface area (Å²) in [5.74, 6) is 0.664.